The number of hydrogen-bond acceptors (Lipinski definition) is 10. The third-order valence-corrected chi connectivity index (χ3v) is 11.8. The molecule has 3 aromatic rings. The largest absolute Gasteiger partial charge is 0.388 e. The average Bonchev–Trinajstić information content (AvgIpc) is 3.86. The van der Waals surface area contributed by atoms with E-state index in [9.17, 15) is 6.48 Å². The monoisotopic (exact) mass is 617 g/mol. The van der Waals surface area contributed by atoms with E-state index in [4.69, 9.17) is 35.6 Å². The maximum Gasteiger partial charge on any atom is 0.186 e. The lowest BCUT2D eigenvalue weighted by Gasteiger charge is -2.50. The van der Waals surface area contributed by atoms with E-state index in [0.29, 0.717) is 66.7 Å². The van der Waals surface area contributed by atoms with Crippen molar-refractivity contribution >= 4 is 22.9 Å². The number of hydrogen-bond donors (Lipinski definition) is 1. The highest BCUT2D eigenvalue weighted by molar-refractivity contribution is 5.96. The van der Waals surface area contributed by atoms with Gasteiger partial charge in [-0.15, -0.1) is 0 Å². The second-order valence-electron chi connectivity index (χ2n) is 14.7. The van der Waals surface area contributed by atoms with Crippen molar-refractivity contribution in [3.8, 4) is 11.5 Å². The highest BCUT2D eigenvalue weighted by Crippen LogP contribution is 2.57. The minimum atomic E-state index is -0.966. The summed E-state index contributed by atoms with van der Waals surface area (Å²) in [6.45, 7) is 6.51. The zero-order valence-corrected chi connectivity index (χ0v) is 26.6. The lowest BCUT2D eigenvalue weighted by molar-refractivity contribution is -0.235. The Labute approximate surface area is 266 Å². The van der Waals surface area contributed by atoms with E-state index < -0.39 is 16.8 Å². The fraction of sp³-hybridized carbons (Fsp3) is 0.706. The summed E-state index contributed by atoms with van der Waals surface area (Å²) < 4.78 is 39.5. The maximum atomic E-state index is 11.3. The quantitative estimate of drug-likeness (QED) is 0.441. The molecule has 45 heavy (non-hydrogen) atoms. The summed E-state index contributed by atoms with van der Waals surface area (Å²) in [5.74, 6) is 1.23. The Bertz CT molecular complexity index is 1780. The molecule has 0 radical (unpaired) electrons. The molecule has 9 rings (SSSR count). The molecule has 5 atom stereocenters. The van der Waals surface area contributed by atoms with Gasteiger partial charge in [-0.25, -0.2) is 14.6 Å². The van der Waals surface area contributed by atoms with Crippen LogP contribution >= 0.6 is 0 Å². The van der Waals surface area contributed by atoms with Crippen LogP contribution in [0.3, 0.4) is 0 Å². The number of likely N-dealkylation sites (N-methyl/N-ethyl adjacent to an activating group) is 1. The van der Waals surface area contributed by atoms with Crippen LogP contribution in [0.1, 0.15) is 104 Å². The topological polar surface area (TPSA) is 115 Å². The van der Waals surface area contributed by atoms with Gasteiger partial charge in [0.15, 0.2) is 28.7 Å². The van der Waals surface area contributed by atoms with Gasteiger partial charge >= 0.3 is 0 Å². The molecular formula is C34H45N7O4. The minimum absolute atomic E-state index is 0.0238. The highest BCUT2D eigenvalue weighted by Gasteiger charge is 2.61. The Morgan fingerprint density at radius 1 is 1.07 bits per heavy atom. The van der Waals surface area contributed by atoms with E-state index in [2.05, 4.69) is 18.9 Å². The van der Waals surface area contributed by atoms with E-state index in [-0.39, 0.29) is 30.2 Å². The SMILES string of the molecule is [2H]C1=C([2H])[C@H]2CC[C@@](C)(O)CN2c2nc(-c3noc4c3CCC[C@@]43CCCCC34OCCO4)nc3c2c1nn3[C@@H](C)[C@@H]1CCCN1C. The molecule has 4 aliphatic heterocycles. The Morgan fingerprint density at radius 2 is 1.89 bits per heavy atom. The summed E-state index contributed by atoms with van der Waals surface area (Å²) in [6, 6.07) is 0.165. The second kappa shape index (κ2) is 10.1. The number of aliphatic hydroxyl groups is 1. The molecule has 3 aromatic heterocycles. The normalized spacial score (nSPS) is 34.3. The molecular weight excluding hydrogens is 570 g/mol. The number of fused-ring (bicyclic) bond motifs is 5. The van der Waals surface area contributed by atoms with Crippen molar-refractivity contribution in [3.63, 3.8) is 0 Å². The lowest BCUT2D eigenvalue weighted by Crippen LogP contribution is -2.56. The zero-order chi connectivity index (χ0) is 32.3. The lowest BCUT2D eigenvalue weighted by atomic mass is 9.61. The van der Waals surface area contributed by atoms with Crippen LogP contribution in [0.2, 0.25) is 0 Å². The van der Waals surface area contributed by atoms with Gasteiger partial charge < -0.3 is 28.9 Å². The van der Waals surface area contributed by atoms with E-state index in [1.807, 2.05) is 16.5 Å². The highest BCUT2D eigenvalue weighted by atomic mass is 16.7. The Balaban J connectivity index is 1.26. The number of ether oxygens (including phenoxy) is 2. The van der Waals surface area contributed by atoms with E-state index in [1.165, 1.54) is 0 Å². The van der Waals surface area contributed by atoms with Crippen molar-refractivity contribution in [2.45, 2.75) is 119 Å². The number of nitrogens with zero attached hydrogens (tertiary/aromatic N) is 7. The minimum Gasteiger partial charge on any atom is -0.388 e. The molecule has 11 nitrogen and oxygen atoms in total. The molecule has 3 saturated heterocycles. The van der Waals surface area contributed by atoms with Crippen LogP contribution in [0.4, 0.5) is 5.82 Å². The third kappa shape index (κ3) is 4.09. The molecule has 0 unspecified atom stereocenters. The molecule has 2 spiro atoms. The molecule has 0 amide bonds. The molecule has 4 fully saturated rings. The van der Waals surface area contributed by atoms with Crippen molar-refractivity contribution in [1.82, 2.24) is 29.8 Å². The van der Waals surface area contributed by atoms with E-state index in [0.717, 1.165) is 75.7 Å². The Morgan fingerprint density at radius 3 is 2.71 bits per heavy atom. The average molecular weight is 618 g/mol. The molecule has 6 aliphatic rings. The van der Waals surface area contributed by atoms with Crippen LogP contribution in [0, 0.1) is 0 Å². The molecule has 2 aliphatic carbocycles. The van der Waals surface area contributed by atoms with Crippen molar-refractivity contribution in [1.29, 1.82) is 0 Å². The van der Waals surface area contributed by atoms with Gasteiger partial charge in [0, 0.05) is 30.6 Å². The summed E-state index contributed by atoms with van der Waals surface area (Å²) in [5.41, 5.74) is 1.37. The molecule has 0 bridgehead atoms. The van der Waals surface area contributed by atoms with Gasteiger partial charge in [-0.1, -0.05) is 17.6 Å². The summed E-state index contributed by atoms with van der Waals surface area (Å²) in [6.07, 6.45) is 9.87. The van der Waals surface area contributed by atoms with Crippen LogP contribution in [0.15, 0.2) is 10.6 Å². The number of rotatable bonds is 3. The maximum absolute atomic E-state index is 11.3. The Kier molecular flexibility index (Phi) is 5.87. The summed E-state index contributed by atoms with van der Waals surface area (Å²) in [4.78, 5) is 14.9. The molecule has 1 N–H and O–H groups in total. The van der Waals surface area contributed by atoms with Crippen LogP contribution in [0.25, 0.3) is 28.6 Å². The van der Waals surface area contributed by atoms with Crippen LogP contribution in [0.5, 0.6) is 0 Å². The van der Waals surface area contributed by atoms with Gasteiger partial charge in [-0.05, 0) is 91.3 Å². The van der Waals surface area contributed by atoms with Crippen LogP contribution < -0.4 is 4.90 Å². The predicted molar refractivity (Wildman–Crippen MR) is 169 cm³/mol. The van der Waals surface area contributed by atoms with E-state index >= 15 is 0 Å². The van der Waals surface area contributed by atoms with Gasteiger partial charge in [0.2, 0.25) is 0 Å². The Hall–Kier alpha value is -2.86. The second-order valence-corrected chi connectivity index (χ2v) is 14.7. The standard InChI is InChI=1S/C34H45N7O4/c1-21(25-9-7-17-39(25)3)41-31-26-24(37-41)11-10-22-12-16-32(2,42)20-40(22)30(26)35-29(36-31)27-23-8-6-14-33(28(23)45-38-27)13-4-5-15-34(33)43-18-19-44-34/h10-11,21-22,25,42H,4-9,12-20H2,1-3H3/t21-,22-,25-,32+,33-/m0/s1/i10D,11D. The first kappa shape index (κ1) is 26.2. The molecule has 0 aromatic carbocycles. The van der Waals surface area contributed by atoms with Crippen molar-refractivity contribution < 1.29 is 21.8 Å². The molecule has 7 heterocycles. The van der Waals surface area contributed by atoms with Crippen LogP contribution in [-0.2, 0) is 21.3 Å². The first-order valence-corrected chi connectivity index (χ1v) is 17.1. The zero-order valence-electron chi connectivity index (χ0n) is 28.6. The first-order valence-electron chi connectivity index (χ1n) is 18.1. The van der Waals surface area contributed by atoms with Gasteiger partial charge in [0.05, 0.1) is 44.1 Å². The molecule has 11 heteroatoms. The molecule has 1 saturated carbocycles. The summed E-state index contributed by atoms with van der Waals surface area (Å²) in [5, 5.41) is 21.8. The van der Waals surface area contributed by atoms with Gasteiger partial charge in [0.1, 0.15) is 5.82 Å². The fourth-order valence-corrected chi connectivity index (χ4v) is 9.56. The predicted octanol–water partition coefficient (Wildman–Crippen LogP) is 4.77. The van der Waals surface area contributed by atoms with Gasteiger partial charge in [0.25, 0.3) is 0 Å². The third-order valence-electron chi connectivity index (χ3n) is 11.8. The first-order chi connectivity index (χ1) is 22.6. The summed E-state index contributed by atoms with van der Waals surface area (Å²) in [7, 11) is 2.15. The van der Waals surface area contributed by atoms with Gasteiger partial charge in [-0.2, -0.15) is 5.10 Å². The fourth-order valence-electron chi connectivity index (χ4n) is 9.56. The number of anilines is 1. The van der Waals surface area contributed by atoms with Crippen LogP contribution in [-0.4, -0.2) is 91.7 Å². The number of piperidine rings is 1. The number of aromatic nitrogens is 5. The van der Waals surface area contributed by atoms with Crippen molar-refractivity contribution in [2.24, 2.45) is 0 Å². The van der Waals surface area contributed by atoms with Crippen molar-refractivity contribution in [3.05, 3.63) is 23.1 Å². The number of likely N-dealkylation sites (tertiary alicyclic amines) is 1. The van der Waals surface area contributed by atoms with Crippen molar-refractivity contribution in [2.75, 3.05) is 38.3 Å². The summed E-state index contributed by atoms with van der Waals surface area (Å²) >= 11 is 0. The molecule has 240 valence electrons. The van der Waals surface area contributed by atoms with E-state index in [1.54, 1.807) is 0 Å². The smallest absolute Gasteiger partial charge is 0.186 e. The van der Waals surface area contributed by atoms with Gasteiger partial charge in [-0.3, -0.25) is 0 Å².